The number of halogens is 2. The first kappa shape index (κ1) is 17.5. The lowest BCUT2D eigenvalue weighted by Crippen LogP contribution is -2.14. The van der Waals surface area contributed by atoms with Gasteiger partial charge in [-0.1, -0.05) is 6.07 Å². The van der Waals surface area contributed by atoms with Crippen molar-refractivity contribution < 1.29 is 13.6 Å². The molecule has 3 N–H and O–H groups in total. The zero-order chi connectivity index (χ0) is 19.7. The summed E-state index contributed by atoms with van der Waals surface area (Å²) in [5.41, 5.74) is 6.42. The SMILES string of the molecule is NC(=O)c1cnccc1Nc1nc(-c2cccc(C(F)F)n2)nn2cccc12. The molecule has 4 rings (SSSR count). The minimum Gasteiger partial charge on any atom is -0.365 e. The van der Waals surface area contributed by atoms with E-state index < -0.39 is 12.3 Å². The van der Waals surface area contributed by atoms with Gasteiger partial charge in [-0.2, -0.15) is 0 Å². The van der Waals surface area contributed by atoms with Crippen LogP contribution in [0.5, 0.6) is 0 Å². The minimum absolute atomic E-state index is 0.142. The van der Waals surface area contributed by atoms with E-state index in [2.05, 4.69) is 25.4 Å². The number of primary amides is 1. The Morgan fingerprint density at radius 3 is 2.79 bits per heavy atom. The molecule has 4 heterocycles. The molecule has 0 aliphatic rings. The van der Waals surface area contributed by atoms with Crippen LogP contribution >= 0.6 is 0 Å². The summed E-state index contributed by atoms with van der Waals surface area (Å²) >= 11 is 0. The van der Waals surface area contributed by atoms with Crippen molar-refractivity contribution in [2.45, 2.75) is 6.43 Å². The first-order chi connectivity index (χ1) is 13.5. The van der Waals surface area contributed by atoms with Crippen LogP contribution in [0, 0.1) is 0 Å². The molecule has 0 saturated heterocycles. The highest BCUT2D eigenvalue weighted by Crippen LogP contribution is 2.25. The van der Waals surface area contributed by atoms with Gasteiger partial charge < -0.3 is 11.1 Å². The second-order valence-corrected chi connectivity index (χ2v) is 5.78. The van der Waals surface area contributed by atoms with Crippen molar-refractivity contribution in [3.05, 3.63) is 66.2 Å². The van der Waals surface area contributed by atoms with Gasteiger partial charge in [0.2, 0.25) is 5.82 Å². The number of carbonyl (C=O) groups is 1. The first-order valence-corrected chi connectivity index (χ1v) is 8.14. The lowest BCUT2D eigenvalue weighted by atomic mass is 10.2. The number of amides is 1. The maximum atomic E-state index is 13.0. The van der Waals surface area contributed by atoms with Gasteiger partial charge in [-0.05, 0) is 30.3 Å². The number of hydrogen-bond acceptors (Lipinski definition) is 6. The molecule has 4 aromatic rings. The molecule has 10 heteroatoms. The second-order valence-electron chi connectivity index (χ2n) is 5.78. The van der Waals surface area contributed by atoms with Crippen LogP contribution in [0.2, 0.25) is 0 Å². The van der Waals surface area contributed by atoms with Crippen molar-refractivity contribution in [2.75, 3.05) is 5.32 Å². The average molecular weight is 381 g/mol. The fourth-order valence-corrected chi connectivity index (χ4v) is 2.66. The molecule has 0 bridgehead atoms. The molecule has 140 valence electrons. The van der Waals surface area contributed by atoms with E-state index in [1.807, 2.05) is 0 Å². The van der Waals surface area contributed by atoms with E-state index in [1.165, 1.54) is 29.0 Å². The van der Waals surface area contributed by atoms with Crippen LogP contribution in [0.3, 0.4) is 0 Å². The van der Waals surface area contributed by atoms with Gasteiger partial charge in [-0.3, -0.25) is 9.78 Å². The van der Waals surface area contributed by atoms with E-state index in [1.54, 1.807) is 30.5 Å². The van der Waals surface area contributed by atoms with Crippen molar-refractivity contribution >= 4 is 22.9 Å². The summed E-state index contributed by atoms with van der Waals surface area (Å²) in [6, 6.07) is 9.34. The lowest BCUT2D eigenvalue weighted by molar-refractivity contribution is 0.100. The summed E-state index contributed by atoms with van der Waals surface area (Å²) < 4.78 is 27.5. The van der Waals surface area contributed by atoms with Crippen molar-refractivity contribution in [1.82, 2.24) is 24.6 Å². The number of nitrogens with one attached hydrogen (secondary N) is 1. The molecule has 0 aromatic carbocycles. The highest BCUT2D eigenvalue weighted by Gasteiger charge is 2.16. The number of nitrogens with zero attached hydrogens (tertiary/aromatic N) is 5. The van der Waals surface area contributed by atoms with E-state index in [9.17, 15) is 13.6 Å². The van der Waals surface area contributed by atoms with Gasteiger partial charge in [0.1, 0.15) is 16.9 Å². The predicted molar refractivity (Wildman–Crippen MR) is 97.2 cm³/mol. The number of anilines is 2. The zero-order valence-electron chi connectivity index (χ0n) is 14.3. The normalized spacial score (nSPS) is 11.1. The largest absolute Gasteiger partial charge is 0.365 e. The molecule has 0 aliphatic carbocycles. The van der Waals surface area contributed by atoms with Crippen molar-refractivity contribution in [3.63, 3.8) is 0 Å². The number of carbonyl (C=O) groups excluding carboxylic acids is 1. The maximum absolute atomic E-state index is 13.0. The summed E-state index contributed by atoms with van der Waals surface area (Å²) in [7, 11) is 0. The zero-order valence-corrected chi connectivity index (χ0v) is 14.3. The second kappa shape index (κ2) is 6.99. The molecule has 0 radical (unpaired) electrons. The number of alkyl halides is 2. The number of nitrogens with two attached hydrogens (primary N) is 1. The van der Waals surface area contributed by atoms with Gasteiger partial charge in [0.25, 0.3) is 12.3 Å². The molecule has 0 atom stereocenters. The average Bonchev–Trinajstić information content (AvgIpc) is 3.17. The van der Waals surface area contributed by atoms with Crippen LogP contribution < -0.4 is 11.1 Å². The monoisotopic (exact) mass is 381 g/mol. The summed E-state index contributed by atoms with van der Waals surface area (Å²) in [5.74, 6) is -0.154. The third-order valence-corrected chi connectivity index (χ3v) is 3.95. The fourth-order valence-electron chi connectivity index (χ4n) is 2.66. The highest BCUT2D eigenvalue weighted by molar-refractivity contribution is 5.99. The Balaban J connectivity index is 1.83. The third kappa shape index (κ3) is 3.22. The molecule has 0 aliphatic heterocycles. The van der Waals surface area contributed by atoms with Crippen LogP contribution in [0.15, 0.2) is 55.0 Å². The summed E-state index contributed by atoms with van der Waals surface area (Å²) in [6.45, 7) is 0. The number of aromatic nitrogens is 5. The quantitative estimate of drug-likeness (QED) is 0.550. The molecule has 0 saturated carbocycles. The van der Waals surface area contributed by atoms with E-state index in [0.717, 1.165) is 0 Å². The Hall–Kier alpha value is -3.95. The van der Waals surface area contributed by atoms with Crippen molar-refractivity contribution in [2.24, 2.45) is 5.73 Å². The van der Waals surface area contributed by atoms with E-state index in [-0.39, 0.29) is 22.8 Å². The molecule has 1 amide bonds. The highest BCUT2D eigenvalue weighted by atomic mass is 19.3. The summed E-state index contributed by atoms with van der Waals surface area (Å²) in [4.78, 5) is 23.9. The number of rotatable bonds is 5. The Labute approximate surface area is 157 Å². The van der Waals surface area contributed by atoms with Crippen LogP contribution in [-0.4, -0.2) is 30.5 Å². The van der Waals surface area contributed by atoms with Gasteiger partial charge >= 0.3 is 0 Å². The predicted octanol–water partition coefficient (Wildman–Crippen LogP) is 2.97. The smallest absolute Gasteiger partial charge is 0.280 e. The minimum atomic E-state index is -2.71. The molecule has 0 fully saturated rings. The molecule has 4 aromatic heterocycles. The van der Waals surface area contributed by atoms with Crippen LogP contribution in [0.25, 0.3) is 17.0 Å². The Morgan fingerprint density at radius 2 is 2.00 bits per heavy atom. The summed E-state index contributed by atoms with van der Waals surface area (Å²) in [5, 5.41) is 7.36. The fraction of sp³-hybridized carbons (Fsp3) is 0.0556. The molecule has 8 nitrogen and oxygen atoms in total. The van der Waals surface area contributed by atoms with Gasteiger partial charge in [0.15, 0.2) is 5.82 Å². The first-order valence-electron chi connectivity index (χ1n) is 8.14. The molecular formula is C18H13F2N7O. The van der Waals surface area contributed by atoms with Gasteiger partial charge in [-0.25, -0.2) is 23.3 Å². The van der Waals surface area contributed by atoms with Crippen molar-refractivity contribution in [3.8, 4) is 11.5 Å². The maximum Gasteiger partial charge on any atom is 0.280 e. The lowest BCUT2D eigenvalue weighted by Gasteiger charge is -2.12. The van der Waals surface area contributed by atoms with E-state index >= 15 is 0 Å². The Morgan fingerprint density at radius 1 is 1.14 bits per heavy atom. The van der Waals surface area contributed by atoms with Gasteiger partial charge in [0, 0.05) is 18.6 Å². The molecular weight excluding hydrogens is 368 g/mol. The third-order valence-electron chi connectivity index (χ3n) is 3.95. The number of hydrogen-bond donors (Lipinski definition) is 2. The van der Waals surface area contributed by atoms with E-state index in [0.29, 0.717) is 17.0 Å². The van der Waals surface area contributed by atoms with E-state index in [4.69, 9.17) is 5.73 Å². The standard InChI is InChI=1S/C18H13F2N7O/c19-15(20)12-3-1-4-13(23-12)17-25-18(14-5-2-8-27(14)26-17)24-11-6-7-22-9-10(11)16(21)28/h1-9,15H,(H2,21,28)(H,22,24,25,26). The molecule has 28 heavy (non-hydrogen) atoms. The topological polar surface area (TPSA) is 111 Å². The van der Waals surface area contributed by atoms with Crippen molar-refractivity contribution in [1.29, 1.82) is 0 Å². The number of pyridine rings is 2. The van der Waals surface area contributed by atoms with Crippen LogP contribution in [0.1, 0.15) is 22.5 Å². The van der Waals surface area contributed by atoms with Crippen LogP contribution in [0.4, 0.5) is 20.3 Å². The van der Waals surface area contributed by atoms with Crippen LogP contribution in [-0.2, 0) is 0 Å². The molecule has 0 unspecified atom stereocenters. The Bertz CT molecular complexity index is 1180. The summed E-state index contributed by atoms with van der Waals surface area (Å²) in [6.07, 6.45) is 1.82. The Kier molecular flexibility index (Phi) is 4.36. The molecule has 0 spiro atoms. The number of fused-ring (bicyclic) bond motifs is 1. The van der Waals surface area contributed by atoms with Gasteiger partial charge in [0.05, 0.1) is 11.3 Å². The van der Waals surface area contributed by atoms with Gasteiger partial charge in [-0.15, -0.1) is 5.10 Å².